The van der Waals surface area contributed by atoms with E-state index in [1.54, 1.807) is 6.08 Å². The fraction of sp³-hybridized carbons (Fsp3) is 0.768. The van der Waals surface area contributed by atoms with Gasteiger partial charge in [0.25, 0.3) is 0 Å². The van der Waals surface area contributed by atoms with Crippen molar-refractivity contribution in [2.75, 3.05) is 6.61 Å². The molecule has 0 saturated carbocycles. The zero-order valence-corrected chi connectivity index (χ0v) is 40.0. The van der Waals surface area contributed by atoms with Gasteiger partial charge in [0.1, 0.15) is 0 Å². The van der Waals surface area contributed by atoms with Crippen molar-refractivity contribution >= 4 is 5.91 Å². The lowest BCUT2D eigenvalue weighted by Gasteiger charge is -2.20. The van der Waals surface area contributed by atoms with E-state index in [0.717, 1.165) is 70.6 Å². The smallest absolute Gasteiger partial charge is 0.220 e. The number of amides is 1. The number of allylic oxidation sites excluding steroid dienone is 11. The molecule has 0 heterocycles. The first-order chi connectivity index (χ1) is 29.7. The normalized spacial score (nSPS) is 13.5. The van der Waals surface area contributed by atoms with Crippen molar-refractivity contribution in [3.8, 4) is 0 Å². The first-order valence-electron chi connectivity index (χ1n) is 26.2. The molecule has 3 N–H and O–H groups in total. The Hall–Kier alpha value is -2.17. The maximum absolute atomic E-state index is 12.4. The second-order valence-electron chi connectivity index (χ2n) is 17.6. The highest BCUT2D eigenvalue weighted by Crippen LogP contribution is 2.16. The molecule has 0 saturated heterocycles. The van der Waals surface area contributed by atoms with Gasteiger partial charge in [0, 0.05) is 6.42 Å². The Kier molecular flexibility index (Phi) is 49.3. The van der Waals surface area contributed by atoms with Gasteiger partial charge in [-0.15, -0.1) is 0 Å². The molecule has 60 heavy (non-hydrogen) atoms. The van der Waals surface area contributed by atoms with Gasteiger partial charge >= 0.3 is 0 Å². The van der Waals surface area contributed by atoms with E-state index in [9.17, 15) is 15.0 Å². The van der Waals surface area contributed by atoms with E-state index >= 15 is 0 Å². The minimum Gasteiger partial charge on any atom is -0.394 e. The molecule has 0 fully saturated rings. The minimum absolute atomic E-state index is 0.0756. The molecule has 0 aliphatic heterocycles. The number of carbonyl (C=O) groups is 1. The molecular weight excluding hydrogens is 735 g/mol. The Morgan fingerprint density at radius 3 is 1.10 bits per heavy atom. The molecule has 2 atom stereocenters. The predicted molar refractivity (Wildman–Crippen MR) is 267 cm³/mol. The zero-order chi connectivity index (χ0) is 43.5. The SMILES string of the molecule is CC/C=C\C/C=C\C/C=C\C/C=C\C/C=C\CCCCCCCCCC(=O)NC(CO)C(O)/C=C/CCCCCCCCCCCCCCCCCCCCCCCCC. The number of hydrogen-bond donors (Lipinski definition) is 3. The lowest BCUT2D eigenvalue weighted by atomic mass is 10.0. The van der Waals surface area contributed by atoms with Gasteiger partial charge in [-0.1, -0.05) is 260 Å². The number of unbranched alkanes of at least 4 members (excludes halogenated alkanes) is 30. The van der Waals surface area contributed by atoms with Crippen LogP contribution in [0.25, 0.3) is 0 Å². The Balaban J connectivity index is 3.56. The first-order valence-corrected chi connectivity index (χ1v) is 26.2. The van der Waals surface area contributed by atoms with Crippen molar-refractivity contribution in [1.82, 2.24) is 5.32 Å². The molecule has 0 rings (SSSR count). The summed E-state index contributed by atoms with van der Waals surface area (Å²) < 4.78 is 0. The highest BCUT2D eigenvalue weighted by Gasteiger charge is 2.18. The molecule has 4 nitrogen and oxygen atoms in total. The molecule has 0 aromatic heterocycles. The van der Waals surface area contributed by atoms with Gasteiger partial charge in [-0.2, -0.15) is 0 Å². The molecule has 0 aliphatic carbocycles. The van der Waals surface area contributed by atoms with E-state index in [1.165, 1.54) is 167 Å². The lowest BCUT2D eigenvalue weighted by molar-refractivity contribution is -0.123. The molecule has 1 amide bonds. The largest absolute Gasteiger partial charge is 0.394 e. The second kappa shape index (κ2) is 51.2. The zero-order valence-electron chi connectivity index (χ0n) is 40.0. The fourth-order valence-electron chi connectivity index (χ4n) is 7.74. The number of aliphatic hydroxyl groups excluding tert-OH is 2. The van der Waals surface area contributed by atoms with Crippen LogP contribution in [0.5, 0.6) is 0 Å². The second-order valence-corrected chi connectivity index (χ2v) is 17.6. The summed E-state index contributed by atoms with van der Waals surface area (Å²) in [7, 11) is 0. The first kappa shape index (κ1) is 57.8. The third-order valence-electron chi connectivity index (χ3n) is 11.7. The van der Waals surface area contributed by atoms with E-state index in [2.05, 4.69) is 79.9 Å². The van der Waals surface area contributed by atoms with E-state index in [1.807, 2.05) is 6.08 Å². The average Bonchev–Trinajstić information content (AvgIpc) is 3.25. The van der Waals surface area contributed by atoms with Crippen LogP contribution in [0.1, 0.15) is 258 Å². The van der Waals surface area contributed by atoms with Crippen LogP contribution in [-0.4, -0.2) is 34.9 Å². The van der Waals surface area contributed by atoms with Crippen LogP contribution in [0.15, 0.2) is 72.9 Å². The number of rotatable bonds is 47. The Labute approximate surface area is 374 Å². The molecule has 348 valence electrons. The Morgan fingerprint density at radius 1 is 0.417 bits per heavy atom. The quantitative estimate of drug-likeness (QED) is 0.0422. The van der Waals surface area contributed by atoms with Gasteiger partial charge < -0.3 is 15.5 Å². The standard InChI is InChI=1S/C56H101NO3/c1-3-5-7-9-11-13-15-17-19-21-23-25-27-28-30-31-33-35-37-39-41-43-45-47-49-51-55(59)54(53-58)57-56(60)52-50-48-46-44-42-40-38-36-34-32-29-26-24-22-20-18-16-14-12-10-8-6-4-2/h6,8,12,14,18,20,24,26,32,34,49,51,54-55,58-59H,3-5,7,9-11,13,15-17,19,21-23,25,27-31,33,35-48,50,52-53H2,1-2H3,(H,57,60)/b8-6-,14-12-,20-18-,26-24-,34-32-,51-49+. The Morgan fingerprint density at radius 2 is 0.733 bits per heavy atom. The van der Waals surface area contributed by atoms with Crippen LogP contribution in [0.4, 0.5) is 0 Å². The minimum atomic E-state index is -0.849. The third-order valence-corrected chi connectivity index (χ3v) is 11.7. The van der Waals surface area contributed by atoms with Crippen LogP contribution in [0.2, 0.25) is 0 Å². The van der Waals surface area contributed by atoms with Gasteiger partial charge in [0.05, 0.1) is 18.8 Å². The molecule has 0 aromatic rings. The summed E-state index contributed by atoms with van der Waals surface area (Å²) in [6, 6.07) is -0.633. The highest BCUT2D eigenvalue weighted by molar-refractivity contribution is 5.76. The van der Waals surface area contributed by atoms with Crippen molar-refractivity contribution in [3.63, 3.8) is 0 Å². The summed E-state index contributed by atoms with van der Waals surface area (Å²) in [6.07, 6.45) is 73.2. The van der Waals surface area contributed by atoms with Crippen LogP contribution in [-0.2, 0) is 4.79 Å². The van der Waals surface area contributed by atoms with E-state index < -0.39 is 12.1 Å². The van der Waals surface area contributed by atoms with Crippen LogP contribution in [0, 0.1) is 0 Å². The summed E-state index contributed by atoms with van der Waals surface area (Å²) in [5, 5.41) is 23.1. The van der Waals surface area contributed by atoms with E-state index in [0.29, 0.717) is 6.42 Å². The summed E-state index contributed by atoms with van der Waals surface area (Å²) in [5.41, 5.74) is 0. The molecule has 0 aliphatic rings. The fourth-order valence-corrected chi connectivity index (χ4v) is 7.74. The van der Waals surface area contributed by atoms with Gasteiger partial charge in [0.2, 0.25) is 5.91 Å². The van der Waals surface area contributed by atoms with E-state index in [4.69, 9.17) is 0 Å². The third kappa shape index (κ3) is 46.9. The number of carbonyl (C=O) groups excluding carboxylic acids is 1. The van der Waals surface area contributed by atoms with Gasteiger partial charge in [0.15, 0.2) is 0 Å². The molecule has 0 radical (unpaired) electrons. The Bertz CT molecular complexity index is 1040. The maximum atomic E-state index is 12.4. The molecule has 0 aromatic carbocycles. The molecule has 0 spiro atoms. The summed E-state index contributed by atoms with van der Waals surface area (Å²) >= 11 is 0. The molecule has 0 bridgehead atoms. The van der Waals surface area contributed by atoms with Crippen LogP contribution >= 0.6 is 0 Å². The van der Waals surface area contributed by atoms with Crippen molar-refractivity contribution in [1.29, 1.82) is 0 Å². The van der Waals surface area contributed by atoms with Crippen molar-refractivity contribution < 1.29 is 15.0 Å². The highest BCUT2D eigenvalue weighted by atomic mass is 16.3. The summed E-state index contributed by atoms with van der Waals surface area (Å²) in [5.74, 6) is -0.0756. The van der Waals surface area contributed by atoms with Crippen molar-refractivity contribution in [3.05, 3.63) is 72.9 Å². The topological polar surface area (TPSA) is 69.6 Å². The van der Waals surface area contributed by atoms with Gasteiger partial charge in [-0.3, -0.25) is 4.79 Å². The maximum Gasteiger partial charge on any atom is 0.220 e. The average molecular weight is 836 g/mol. The van der Waals surface area contributed by atoms with Gasteiger partial charge in [-0.05, 0) is 64.2 Å². The van der Waals surface area contributed by atoms with Crippen molar-refractivity contribution in [2.45, 2.75) is 270 Å². The number of hydrogen-bond acceptors (Lipinski definition) is 3. The van der Waals surface area contributed by atoms with Crippen molar-refractivity contribution in [2.24, 2.45) is 0 Å². The molecular formula is C56H101NO3. The number of aliphatic hydroxyl groups is 2. The monoisotopic (exact) mass is 836 g/mol. The molecule has 4 heteroatoms. The van der Waals surface area contributed by atoms with Crippen LogP contribution < -0.4 is 5.32 Å². The van der Waals surface area contributed by atoms with Gasteiger partial charge in [-0.25, -0.2) is 0 Å². The molecule has 2 unspecified atom stereocenters. The van der Waals surface area contributed by atoms with E-state index in [-0.39, 0.29) is 12.5 Å². The lowest BCUT2D eigenvalue weighted by Crippen LogP contribution is -2.45. The summed E-state index contributed by atoms with van der Waals surface area (Å²) in [4.78, 5) is 12.4. The van der Waals surface area contributed by atoms with Crippen LogP contribution in [0.3, 0.4) is 0 Å². The summed E-state index contributed by atoms with van der Waals surface area (Å²) in [6.45, 7) is 4.21. The number of nitrogens with one attached hydrogen (secondary N) is 1. The predicted octanol–water partition coefficient (Wildman–Crippen LogP) is 17.0.